The van der Waals surface area contributed by atoms with Gasteiger partial charge in [0.1, 0.15) is 5.75 Å². The van der Waals surface area contributed by atoms with Crippen LogP contribution in [0.15, 0.2) is 24.3 Å². The van der Waals surface area contributed by atoms with Crippen LogP contribution in [0.1, 0.15) is 45.1 Å². The third-order valence-corrected chi connectivity index (χ3v) is 3.81. The standard InChI is InChI=1S/C17H26N2O3/c1-12(2)22-16-6-4-3-5-13(16)11-18-17(21)19-14-7-9-15(20)10-8-14/h3-6,12,14-15,20H,7-11H2,1-2H3,(H2,18,19,21). The smallest absolute Gasteiger partial charge is 0.315 e. The normalized spacial score (nSPS) is 21.5. The number of aliphatic hydroxyl groups is 1. The largest absolute Gasteiger partial charge is 0.491 e. The number of amides is 2. The van der Waals surface area contributed by atoms with Gasteiger partial charge in [0, 0.05) is 18.2 Å². The van der Waals surface area contributed by atoms with Crippen LogP contribution in [-0.2, 0) is 6.54 Å². The third-order valence-electron chi connectivity index (χ3n) is 3.81. The monoisotopic (exact) mass is 306 g/mol. The van der Waals surface area contributed by atoms with Crippen molar-refractivity contribution in [3.63, 3.8) is 0 Å². The van der Waals surface area contributed by atoms with E-state index in [9.17, 15) is 9.90 Å². The number of aliphatic hydroxyl groups excluding tert-OH is 1. The fourth-order valence-electron chi connectivity index (χ4n) is 2.65. The lowest BCUT2D eigenvalue weighted by molar-refractivity contribution is 0.117. The van der Waals surface area contributed by atoms with Gasteiger partial charge in [-0.3, -0.25) is 0 Å². The highest BCUT2D eigenvalue weighted by Crippen LogP contribution is 2.20. The first-order chi connectivity index (χ1) is 10.5. The molecule has 1 aliphatic carbocycles. The summed E-state index contributed by atoms with van der Waals surface area (Å²) in [5, 5.41) is 15.3. The van der Waals surface area contributed by atoms with Crippen LogP contribution in [0, 0.1) is 0 Å². The molecule has 0 atom stereocenters. The Morgan fingerprint density at radius 2 is 1.95 bits per heavy atom. The zero-order valence-electron chi connectivity index (χ0n) is 13.3. The Balaban J connectivity index is 1.81. The van der Waals surface area contributed by atoms with Gasteiger partial charge in [-0.2, -0.15) is 0 Å². The van der Waals surface area contributed by atoms with Crippen molar-refractivity contribution < 1.29 is 14.6 Å². The minimum absolute atomic E-state index is 0.101. The number of carbonyl (C=O) groups is 1. The van der Waals surface area contributed by atoms with Crippen LogP contribution in [0.4, 0.5) is 4.79 Å². The Morgan fingerprint density at radius 3 is 2.64 bits per heavy atom. The Labute approximate surface area is 132 Å². The van der Waals surface area contributed by atoms with E-state index in [-0.39, 0.29) is 24.3 Å². The van der Waals surface area contributed by atoms with Crippen molar-refractivity contribution in [2.45, 2.75) is 64.3 Å². The molecule has 1 aromatic carbocycles. The quantitative estimate of drug-likeness (QED) is 0.783. The number of urea groups is 1. The minimum Gasteiger partial charge on any atom is -0.491 e. The van der Waals surface area contributed by atoms with Crippen molar-refractivity contribution in [3.05, 3.63) is 29.8 Å². The molecule has 1 fully saturated rings. The van der Waals surface area contributed by atoms with E-state index in [2.05, 4.69) is 10.6 Å². The van der Waals surface area contributed by atoms with E-state index in [1.807, 2.05) is 38.1 Å². The van der Waals surface area contributed by atoms with Gasteiger partial charge in [0.25, 0.3) is 0 Å². The Bertz CT molecular complexity index is 483. The van der Waals surface area contributed by atoms with Crippen LogP contribution in [0.3, 0.4) is 0 Å². The number of para-hydroxylation sites is 1. The molecule has 22 heavy (non-hydrogen) atoms. The van der Waals surface area contributed by atoms with E-state index in [1.165, 1.54) is 0 Å². The number of hydrogen-bond donors (Lipinski definition) is 3. The van der Waals surface area contributed by atoms with Crippen molar-refractivity contribution in [1.82, 2.24) is 10.6 Å². The van der Waals surface area contributed by atoms with E-state index in [4.69, 9.17) is 4.74 Å². The molecule has 2 amide bonds. The second-order valence-corrected chi connectivity index (χ2v) is 6.11. The molecule has 1 aromatic rings. The molecule has 1 saturated carbocycles. The van der Waals surface area contributed by atoms with Crippen LogP contribution >= 0.6 is 0 Å². The summed E-state index contributed by atoms with van der Waals surface area (Å²) < 4.78 is 5.74. The highest BCUT2D eigenvalue weighted by atomic mass is 16.5. The number of carbonyl (C=O) groups excluding carboxylic acids is 1. The zero-order chi connectivity index (χ0) is 15.9. The van der Waals surface area contributed by atoms with Crippen LogP contribution in [0.2, 0.25) is 0 Å². The van der Waals surface area contributed by atoms with Crippen molar-refractivity contribution in [3.8, 4) is 5.75 Å². The topological polar surface area (TPSA) is 70.6 Å². The van der Waals surface area contributed by atoms with Crippen LogP contribution in [0.5, 0.6) is 5.75 Å². The molecule has 0 spiro atoms. The molecule has 0 aromatic heterocycles. The van der Waals surface area contributed by atoms with E-state index in [1.54, 1.807) is 0 Å². The summed E-state index contributed by atoms with van der Waals surface area (Å²) in [6, 6.07) is 7.72. The molecule has 122 valence electrons. The SMILES string of the molecule is CC(C)Oc1ccccc1CNC(=O)NC1CCC(O)CC1. The molecule has 5 nitrogen and oxygen atoms in total. The second-order valence-electron chi connectivity index (χ2n) is 6.11. The Kier molecular flexibility index (Phi) is 6.07. The Morgan fingerprint density at radius 1 is 1.27 bits per heavy atom. The van der Waals surface area contributed by atoms with Gasteiger partial charge in [-0.25, -0.2) is 4.79 Å². The molecular weight excluding hydrogens is 280 g/mol. The maximum absolute atomic E-state index is 12.0. The molecule has 0 unspecified atom stereocenters. The average Bonchev–Trinajstić information content (AvgIpc) is 2.48. The van der Waals surface area contributed by atoms with Crippen molar-refractivity contribution >= 4 is 6.03 Å². The lowest BCUT2D eigenvalue weighted by atomic mass is 9.93. The van der Waals surface area contributed by atoms with Gasteiger partial charge in [0.15, 0.2) is 0 Å². The fraction of sp³-hybridized carbons (Fsp3) is 0.588. The summed E-state index contributed by atoms with van der Waals surface area (Å²) in [5.74, 6) is 0.804. The minimum atomic E-state index is -0.207. The van der Waals surface area contributed by atoms with Gasteiger partial charge in [-0.05, 0) is 45.6 Å². The van der Waals surface area contributed by atoms with Crippen molar-refractivity contribution in [2.75, 3.05) is 0 Å². The van der Waals surface area contributed by atoms with Crippen LogP contribution < -0.4 is 15.4 Å². The fourth-order valence-corrected chi connectivity index (χ4v) is 2.65. The van der Waals surface area contributed by atoms with E-state index < -0.39 is 0 Å². The highest BCUT2D eigenvalue weighted by molar-refractivity contribution is 5.74. The summed E-state index contributed by atoms with van der Waals surface area (Å²) in [6.07, 6.45) is 3.08. The number of rotatable bonds is 5. The van der Waals surface area contributed by atoms with Crippen LogP contribution in [0.25, 0.3) is 0 Å². The lowest BCUT2D eigenvalue weighted by Gasteiger charge is -2.26. The van der Waals surface area contributed by atoms with E-state index in [0.717, 1.165) is 37.0 Å². The Hall–Kier alpha value is -1.75. The molecule has 0 aliphatic heterocycles. The number of hydrogen-bond acceptors (Lipinski definition) is 3. The zero-order valence-corrected chi connectivity index (χ0v) is 13.3. The van der Waals surface area contributed by atoms with Gasteiger partial charge in [0.2, 0.25) is 0 Å². The molecule has 3 N–H and O–H groups in total. The second kappa shape index (κ2) is 8.03. The highest BCUT2D eigenvalue weighted by Gasteiger charge is 2.20. The summed E-state index contributed by atoms with van der Waals surface area (Å²) >= 11 is 0. The molecule has 0 bridgehead atoms. The maximum atomic E-state index is 12.0. The molecule has 2 rings (SSSR count). The summed E-state index contributed by atoms with van der Waals surface area (Å²) in [6.45, 7) is 4.40. The first-order valence-electron chi connectivity index (χ1n) is 8.01. The number of benzene rings is 1. The van der Waals surface area contributed by atoms with Crippen LogP contribution in [-0.4, -0.2) is 29.4 Å². The predicted molar refractivity (Wildman–Crippen MR) is 85.8 cm³/mol. The maximum Gasteiger partial charge on any atom is 0.315 e. The molecular formula is C17H26N2O3. The predicted octanol–water partition coefficient (Wildman–Crippen LogP) is 2.58. The molecule has 0 saturated heterocycles. The number of ether oxygens (including phenoxy) is 1. The third kappa shape index (κ3) is 5.22. The van der Waals surface area contributed by atoms with Gasteiger partial charge < -0.3 is 20.5 Å². The number of nitrogens with one attached hydrogen (secondary N) is 2. The van der Waals surface area contributed by atoms with Gasteiger partial charge in [-0.15, -0.1) is 0 Å². The molecule has 1 aliphatic rings. The van der Waals surface area contributed by atoms with E-state index >= 15 is 0 Å². The average molecular weight is 306 g/mol. The van der Waals surface area contributed by atoms with Gasteiger partial charge in [0.05, 0.1) is 12.2 Å². The van der Waals surface area contributed by atoms with Crippen molar-refractivity contribution in [1.29, 1.82) is 0 Å². The summed E-state index contributed by atoms with van der Waals surface area (Å²) in [7, 11) is 0. The lowest BCUT2D eigenvalue weighted by Crippen LogP contribution is -2.43. The molecule has 5 heteroatoms. The van der Waals surface area contributed by atoms with Gasteiger partial charge >= 0.3 is 6.03 Å². The van der Waals surface area contributed by atoms with Gasteiger partial charge in [-0.1, -0.05) is 18.2 Å². The first kappa shape index (κ1) is 16.6. The first-order valence-corrected chi connectivity index (χ1v) is 8.01. The summed E-state index contributed by atoms with van der Waals surface area (Å²) in [5.41, 5.74) is 0.963. The van der Waals surface area contributed by atoms with Crippen molar-refractivity contribution in [2.24, 2.45) is 0 Å². The van der Waals surface area contributed by atoms with E-state index in [0.29, 0.717) is 6.54 Å². The summed E-state index contributed by atoms with van der Waals surface area (Å²) in [4.78, 5) is 12.0. The molecule has 0 radical (unpaired) electrons. The molecule has 0 heterocycles.